The number of nitrogens with zero attached hydrogens (tertiary/aromatic N) is 2. The first-order valence-electron chi connectivity index (χ1n) is 2.49. The maximum atomic E-state index is 5.33. The van der Waals surface area contributed by atoms with E-state index in [9.17, 15) is 0 Å². The zero-order valence-corrected chi connectivity index (χ0v) is 4.83. The molecule has 44 valence electrons. The van der Waals surface area contributed by atoms with Crippen LogP contribution in [0.1, 0.15) is 0 Å². The van der Waals surface area contributed by atoms with E-state index in [4.69, 9.17) is 5.73 Å². The van der Waals surface area contributed by atoms with E-state index in [0.717, 1.165) is 6.54 Å². The Balaban J connectivity index is 2.58. The lowest BCUT2D eigenvalue weighted by atomic mass is 10.5. The number of hydrogen-bond donors (Lipinski definition) is 1. The molecule has 1 aliphatic heterocycles. The summed E-state index contributed by atoms with van der Waals surface area (Å²) in [7, 11) is 1.95. The Morgan fingerprint density at radius 3 is 3.00 bits per heavy atom. The standard InChI is InChI=1S/C5H9N3/c1-8-3-2-5(6)7-4-8/h2,4H,3,6H2,1H3. The first-order valence-corrected chi connectivity index (χ1v) is 2.49. The maximum absolute atomic E-state index is 5.33. The van der Waals surface area contributed by atoms with Gasteiger partial charge in [-0.2, -0.15) is 0 Å². The highest BCUT2D eigenvalue weighted by atomic mass is 15.1. The molecule has 1 heterocycles. The minimum Gasteiger partial charge on any atom is -0.384 e. The van der Waals surface area contributed by atoms with E-state index in [-0.39, 0.29) is 0 Å². The molecule has 0 aromatic carbocycles. The Morgan fingerprint density at radius 2 is 2.62 bits per heavy atom. The van der Waals surface area contributed by atoms with Crippen molar-refractivity contribution < 1.29 is 0 Å². The van der Waals surface area contributed by atoms with Crippen molar-refractivity contribution in [3.05, 3.63) is 11.9 Å². The van der Waals surface area contributed by atoms with Crippen molar-refractivity contribution in [1.29, 1.82) is 0 Å². The van der Waals surface area contributed by atoms with Crippen molar-refractivity contribution in [2.75, 3.05) is 13.6 Å². The van der Waals surface area contributed by atoms with Gasteiger partial charge in [-0.25, -0.2) is 4.99 Å². The van der Waals surface area contributed by atoms with Crippen LogP contribution in [0.4, 0.5) is 0 Å². The molecule has 0 amide bonds. The minimum absolute atomic E-state index is 0.614. The molecule has 0 unspecified atom stereocenters. The summed E-state index contributed by atoms with van der Waals surface area (Å²) in [6, 6.07) is 0. The molecule has 0 saturated heterocycles. The van der Waals surface area contributed by atoms with Crippen molar-refractivity contribution in [1.82, 2.24) is 4.90 Å². The summed E-state index contributed by atoms with van der Waals surface area (Å²) >= 11 is 0. The predicted molar refractivity (Wildman–Crippen MR) is 33.4 cm³/mol. The zero-order valence-electron chi connectivity index (χ0n) is 4.83. The van der Waals surface area contributed by atoms with Gasteiger partial charge < -0.3 is 10.6 Å². The highest BCUT2D eigenvalue weighted by Gasteiger charge is 1.94. The monoisotopic (exact) mass is 111 g/mol. The smallest absolute Gasteiger partial charge is 0.122 e. The normalized spacial score (nSPS) is 18.6. The summed E-state index contributed by atoms with van der Waals surface area (Å²) in [6.45, 7) is 0.870. The second kappa shape index (κ2) is 1.86. The third-order valence-electron chi connectivity index (χ3n) is 0.992. The van der Waals surface area contributed by atoms with Gasteiger partial charge in [0.15, 0.2) is 0 Å². The number of hydrogen-bond acceptors (Lipinski definition) is 3. The van der Waals surface area contributed by atoms with E-state index in [1.165, 1.54) is 0 Å². The Hall–Kier alpha value is -0.990. The van der Waals surface area contributed by atoms with Crippen LogP contribution < -0.4 is 5.73 Å². The van der Waals surface area contributed by atoms with Crippen LogP contribution in [0.25, 0.3) is 0 Å². The summed E-state index contributed by atoms with van der Waals surface area (Å²) in [5.41, 5.74) is 5.33. The summed E-state index contributed by atoms with van der Waals surface area (Å²) < 4.78 is 0. The van der Waals surface area contributed by atoms with E-state index in [2.05, 4.69) is 4.99 Å². The van der Waals surface area contributed by atoms with Gasteiger partial charge in [0.05, 0.1) is 6.34 Å². The topological polar surface area (TPSA) is 41.6 Å². The molecule has 8 heavy (non-hydrogen) atoms. The van der Waals surface area contributed by atoms with Crippen LogP contribution in [0.15, 0.2) is 16.9 Å². The van der Waals surface area contributed by atoms with Gasteiger partial charge in [-0.1, -0.05) is 0 Å². The predicted octanol–water partition coefficient (Wildman–Crippen LogP) is -0.240. The average Bonchev–Trinajstić information content (AvgIpc) is 1.77. The molecule has 1 rings (SSSR count). The van der Waals surface area contributed by atoms with Crippen molar-refractivity contribution in [2.24, 2.45) is 10.7 Å². The fraction of sp³-hybridized carbons (Fsp3) is 0.400. The van der Waals surface area contributed by atoms with E-state index >= 15 is 0 Å². The molecule has 0 saturated carbocycles. The first kappa shape index (κ1) is 5.15. The highest BCUT2D eigenvalue weighted by Crippen LogP contribution is 1.92. The van der Waals surface area contributed by atoms with Gasteiger partial charge in [0, 0.05) is 13.6 Å². The van der Waals surface area contributed by atoms with Gasteiger partial charge in [-0.05, 0) is 6.08 Å². The van der Waals surface area contributed by atoms with Crippen LogP contribution in [0.2, 0.25) is 0 Å². The van der Waals surface area contributed by atoms with Gasteiger partial charge in [0.25, 0.3) is 0 Å². The molecule has 1 aliphatic rings. The van der Waals surface area contributed by atoms with Gasteiger partial charge in [-0.15, -0.1) is 0 Å². The molecule has 0 fully saturated rings. The lowest BCUT2D eigenvalue weighted by Gasteiger charge is -2.13. The zero-order chi connectivity index (χ0) is 5.98. The van der Waals surface area contributed by atoms with Gasteiger partial charge in [0.1, 0.15) is 5.82 Å². The van der Waals surface area contributed by atoms with E-state index in [1.54, 1.807) is 6.34 Å². The van der Waals surface area contributed by atoms with E-state index in [0.29, 0.717) is 5.82 Å². The van der Waals surface area contributed by atoms with E-state index < -0.39 is 0 Å². The van der Waals surface area contributed by atoms with Crippen LogP contribution in [0.3, 0.4) is 0 Å². The second-order valence-electron chi connectivity index (χ2n) is 1.81. The molecule has 2 N–H and O–H groups in total. The molecule has 3 heteroatoms. The SMILES string of the molecule is CN1C=NC(N)=CC1. The Morgan fingerprint density at radius 1 is 1.88 bits per heavy atom. The van der Waals surface area contributed by atoms with Crippen LogP contribution >= 0.6 is 0 Å². The lowest BCUT2D eigenvalue weighted by molar-refractivity contribution is 0.569. The van der Waals surface area contributed by atoms with Crippen LogP contribution in [-0.4, -0.2) is 24.8 Å². The van der Waals surface area contributed by atoms with Crippen LogP contribution in [-0.2, 0) is 0 Å². The average molecular weight is 111 g/mol. The minimum atomic E-state index is 0.614. The van der Waals surface area contributed by atoms with Crippen molar-refractivity contribution in [3.8, 4) is 0 Å². The van der Waals surface area contributed by atoms with Gasteiger partial charge in [-0.3, -0.25) is 0 Å². The Labute approximate surface area is 48.5 Å². The molecular weight excluding hydrogens is 102 g/mol. The number of likely N-dealkylation sites (N-methyl/N-ethyl adjacent to an activating group) is 1. The van der Waals surface area contributed by atoms with Crippen LogP contribution in [0, 0.1) is 0 Å². The quantitative estimate of drug-likeness (QED) is 0.468. The molecule has 0 aromatic heterocycles. The molecule has 0 bridgehead atoms. The molecule has 0 aliphatic carbocycles. The summed E-state index contributed by atoms with van der Waals surface area (Å²) in [4.78, 5) is 5.81. The largest absolute Gasteiger partial charge is 0.384 e. The second-order valence-corrected chi connectivity index (χ2v) is 1.81. The molecule has 3 nitrogen and oxygen atoms in total. The highest BCUT2D eigenvalue weighted by molar-refractivity contribution is 5.57. The number of rotatable bonds is 0. The molecule has 0 spiro atoms. The lowest BCUT2D eigenvalue weighted by Crippen LogP contribution is -2.20. The number of nitrogens with two attached hydrogens (primary N) is 1. The molecule has 0 atom stereocenters. The molecule has 0 radical (unpaired) electrons. The fourth-order valence-corrected chi connectivity index (χ4v) is 0.503. The summed E-state index contributed by atoms with van der Waals surface area (Å²) in [6.07, 6.45) is 3.59. The summed E-state index contributed by atoms with van der Waals surface area (Å²) in [5, 5.41) is 0. The van der Waals surface area contributed by atoms with Crippen molar-refractivity contribution in [2.45, 2.75) is 0 Å². The van der Waals surface area contributed by atoms with E-state index in [1.807, 2.05) is 18.0 Å². The Kier molecular flexibility index (Phi) is 1.20. The van der Waals surface area contributed by atoms with Gasteiger partial charge >= 0.3 is 0 Å². The molecule has 0 aromatic rings. The molecular formula is C5H9N3. The fourth-order valence-electron chi connectivity index (χ4n) is 0.503. The van der Waals surface area contributed by atoms with Gasteiger partial charge in [0.2, 0.25) is 0 Å². The summed E-state index contributed by atoms with van der Waals surface area (Å²) in [5.74, 6) is 0.614. The number of aliphatic imine (C=N–C) groups is 1. The van der Waals surface area contributed by atoms with Crippen molar-refractivity contribution in [3.63, 3.8) is 0 Å². The third kappa shape index (κ3) is 0.992. The third-order valence-corrected chi connectivity index (χ3v) is 0.992. The van der Waals surface area contributed by atoms with Crippen LogP contribution in [0.5, 0.6) is 0 Å². The Bertz CT molecular complexity index is 137. The first-order chi connectivity index (χ1) is 3.79. The van der Waals surface area contributed by atoms with Crippen molar-refractivity contribution >= 4 is 6.34 Å². The maximum Gasteiger partial charge on any atom is 0.122 e.